The maximum Gasteiger partial charge on any atom is 0.264 e. The molecule has 0 fully saturated rings. The van der Waals surface area contributed by atoms with Gasteiger partial charge in [0.15, 0.2) is 9.84 Å². The van der Waals surface area contributed by atoms with Crippen molar-refractivity contribution in [3.8, 4) is 0 Å². The highest BCUT2D eigenvalue weighted by molar-refractivity contribution is 7.91. The van der Waals surface area contributed by atoms with Crippen molar-refractivity contribution < 1.29 is 30.5 Å². The summed E-state index contributed by atoms with van der Waals surface area (Å²) in [4.78, 5) is 0. The highest BCUT2D eigenvalue weighted by Crippen LogP contribution is 2.14. The van der Waals surface area contributed by atoms with Crippen molar-refractivity contribution in [2.24, 2.45) is 0 Å². The molecular weight excluding hydrogens is 488 g/mol. The van der Waals surface area contributed by atoms with Crippen LogP contribution in [0.25, 0.3) is 0 Å². The van der Waals surface area contributed by atoms with Gasteiger partial charge in [-0.15, -0.1) is 0 Å². The van der Waals surface area contributed by atoms with Crippen molar-refractivity contribution in [1.82, 2.24) is 0 Å². The molecule has 0 aromatic carbocycles. The molecule has 0 aliphatic heterocycles. The van der Waals surface area contributed by atoms with Gasteiger partial charge in [-0.05, 0) is 12.8 Å². The molecule has 35 heavy (non-hydrogen) atoms. The number of rotatable bonds is 27. The Bertz CT molecular complexity index is 663. The molecule has 0 amide bonds. The monoisotopic (exact) mass is 542 g/mol. The van der Waals surface area contributed by atoms with Gasteiger partial charge in [-0.1, -0.05) is 103 Å². The van der Waals surface area contributed by atoms with Crippen molar-refractivity contribution in [2.75, 3.05) is 44.7 Å². The Labute approximate surface area is 217 Å². The predicted octanol–water partition coefficient (Wildman–Crippen LogP) is 6.06. The van der Waals surface area contributed by atoms with Crippen molar-refractivity contribution in [3.63, 3.8) is 0 Å². The molecule has 9 heteroatoms. The van der Waals surface area contributed by atoms with Gasteiger partial charge in [0.2, 0.25) is 0 Å². The van der Waals surface area contributed by atoms with Gasteiger partial charge in [-0.25, -0.2) is 8.42 Å². The minimum Gasteiger partial charge on any atom is -0.379 e. The Morgan fingerprint density at radius 2 is 1.09 bits per heavy atom. The zero-order valence-corrected chi connectivity index (χ0v) is 24.4. The van der Waals surface area contributed by atoms with Crippen LogP contribution in [-0.2, 0) is 33.6 Å². The lowest BCUT2D eigenvalue weighted by molar-refractivity contribution is 0.0190. The van der Waals surface area contributed by atoms with E-state index in [9.17, 15) is 16.8 Å². The number of unbranched alkanes of at least 4 members (excludes halogenated alkanes) is 15. The van der Waals surface area contributed by atoms with Crippen molar-refractivity contribution in [1.29, 1.82) is 0 Å². The van der Waals surface area contributed by atoms with Gasteiger partial charge in [0.05, 0.1) is 37.1 Å². The Morgan fingerprint density at radius 3 is 1.51 bits per heavy atom. The van der Waals surface area contributed by atoms with Crippen LogP contribution in [0.2, 0.25) is 0 Å². The van der Waals surface area contributed by atoms with Crippen LogP contribution >= 0.6 is 0 Å². The van der Waals surface area contributed by atoms with E-state index in [1.807, 2.05) is 0 Å². The molecule has 0 saturated carbocycles. The summed E-state index contributed by atoms with van der Waals surface area (Å²) in [5, 5.41) is 0. The van der Waals surface area contributed by atoms with Crippen LogP contribution in [-0.4, -0.2) is 67.6 Å². The zero-order chi connectivity index (χ0) is 26.3. The molecule has 0 bridgehead atoms. The molecule has 0 spiro atoms. The number of methoxy groups -OCH3 is 1. The molecule has 0 rings (SSSR count). The van der Waals surface area contributed by atoms with Crippen LogP contribution < -0.4 is 0 Å². The lowest BCUT2D eigenvalue weighted by Gasteiger charge is -2.16. The van der Waals surface area contributed by atoms with Crippen molar-refractivity contribution in [3.05, 3.63) is 0 Å². The summed E-state index contributed by atoms with van der Waals surface area (Å²) in [7, 11) is -5.43. The highest BCUT2D eigenvalue weighted by atomic mass is 32.2. The third kappa shape index (κ3) is 26.6. The normalized spacial score (nSPS) is 13.3. The lowest BCUT2D eigenvalue weighted by atomic mass is 10.0. The third-order valence-corrected chi connectivity index (χ3v) is 8.50. The summed E-state index contributed by atoms with van der Waals surface area (Å²) in [5.41, 5.74) is 0. The topological polar surface area (TPSA) is 96.0 Å². The average Bonchev–Trinajstić information content (AvgIpc) is 2.79. The molecule has 0 aromatic heterocycles. The summed E-state index contributed by atoms with van der Waals surface area (Å²) in [6.45, 7) is 2.99. The molecule has 0 saturated heterocycles. The number of hydrogen-bond acceptors (Lipinski definition) is 7. The second kappa shape index (κ2) is 22.9. The summed E-state index contributed by atoms with van der Waals surface area (Å²) < 4.78 is 61.6. The highest BCUT2D eigenvalue weighted by Gasteiger charge is 2.19. The van der Waals surface area contributed by atoms with Gasteiger partial charge in [-0.2, -0.15) is 8.42 Å². The summed E-state index contributed by atoms with van der Waals surface area (Å²) in [5.74, 6) is -0.275. The molecule has 0 heterocycles. The van der Waals surface area contributed by atoms with Crippen molar-refractivity contribution >= 4 is 20.0 Å². The minimum absolute atomic E-state index is 0.131. The van der Waals surface area contributed by atoms with Crippen LogP contribution in [0.5, 0.6) is 0 Å². The molecule has 1 atom stereocenters. The standard InChI is InChI=1S/C26H54O7S2/c1-4-5-6-7-8-9-10-11-12-13-14-15-16-17-18-19-21-32-24-26(31-2)25-35(29,30)23-20-22-33-34(3,27)28/h26H,4-25H2,1-3H3. The molecular formula is C26H54O7S2. The molecule has 0 aromatic rings. The predicted molar refractivity (Wildman–Crippen MR) is 145 cm³/mol. The van der Waals surface area contributed by atoms with E-state index in [2.05, 4.69) is 11.1 Å². The van der Waals surface area contributed by atoms with Crippen LogP contribution in [0, 0.1) is 0 Å². The van der Waals surface area contributed by atoms with Crippen LogP contribution in [0.3, 0.4) is 0 Å². The van der Waals surface area contributed by atoms with Gasteiger partial charge in [0, 0.05) is 13.7 Å². The Morgan fingerprint density at radius 1 is 0.629 bits per heavy atom. The largest absolute Gasteiger partial charge is 0.379 e. The zero-order valence-electron chi connectivity index (χ0n) is 22.8. The van der Waals surface area contributed by atoms with E-state index in [1.54, 1.807) is 0 Å². The molecule has 0 N–H and O–H groups in total. The molecule has 212 valence electrons. The Balaban J connectivity index is 3.53. The summed E-state index contributed by atoms with van der Waals surface area (Å²) >= 11 is 0. The first-order valence-electron chi connectivity index (χ1n) is 13.9. The molecule has 0 radical (unpaired) electrons. The summed E-state index contributed by atoms with van der Waals surface area (Å²) in [6, 6.07) is 0. The van der Waals surface area contributed by atoms with E-state index >= 15 is 0 Å². The summed E-state index contributed by atoms with van der Waals surface area (Å²) in [6.07, 6.45) is 21.8. The minimum atomic E-state index is -3.54. The second-order valence-corrected chi connectivity index (χ2v) is 13.6. The van der Waals surface area contributed by atoms with Gasteiger partial charge >= 0.3 is 0 Å². The third-order valence-electron chi connectivity index (χ3n) is 6.12. The maximum atomic E-state index is 12.2. The van der Waals surface area contributed by atoms with E-state index in [1.165, 1.54) is 97.0 Å². The first-order valence-corrected chi connectivity index (χ1v) is 17.5. The van der Waals surface area contributed by atoms with Gasteiger partial charge in [-0.3, -0.25) is 4.18 Å². The Kier molecular flexibility index (Phi) is 22.8. The van der Waals surface area contributed by atoms with Gasteiger partial charge < -0.3 is 9.47 Å². The molecule has 0 aliphatic carbocycles. The van der Waals surface area contributed by atoms with Crippen LogP contribution in [0.1, 0.15) is 116 Å². The fourth-order valence-electron chi connectivity index (χ4n) is 4.01. The molecule has 7 nitrogen and oxygen atoms in total. The smallest absolute Gasteiger partial charge is 0.264 e. The first-order chi connectivity index (χ1) is 16.7. The first kappa shape index (κ1) is 34.8. The molecule has 1 unspecified atom stereocenters. The average molecular weight is 543 g/mol. The van der Waals surface area contributed by atoms with Gasteiger partial charge in [0.25, 0.3) is 10.1 Å². The number of hydrogen-bond donors (Lipinski definition) is 0. The Hall–Kier alpha value is -0.220. The van der Waals surface area contributed by atoms with E-state index in [4.69, 9.17) is 9.47 Å². The van der Waals surface area contributed by atoms with E-state index in [-0.39, 0.29) is 31.1 Å². The number of sulfone groups is 1. The van der Waals surface area contributed by atoms with Crippen LogP contribution in [0.15, 0.2) is 0 Å². The number of ether oxygens (including phenoxy) is 2. The van der Waals surface area contributed by atoms with Crippen molar-refractivity contribution in [2.45, 2.75) is 122 Å². The molecule has 0 aliphatic rings. The van der Waals surface area contributed by atoms with Crippen LogP contribution in [0.4, 0.5) is 0 Å². The van der Waals surface area contributed by atoms with E-state index in [0.29, 0.717) is 6.61 Å². The van der Waals surface area contributed by atoms with E-state index < -0.39 is 26.1 Å². The van der Waals surface area contributed by atoms with E-state index in [0.717, 1.165) is 19.1 Å². The fourth-order valence-corrected chi connectivity index (χ4v) is 5.95. The quantitative estimate of drug-likeness (QED) is 0.0919. The lowest BCUT2D eigenvalue weighted by Crippen LogP contribution is -2.29. The SMILES string of the molecule is CCCCCCCCCCCCCCCCCCOCC(CS(=O)(=O)CCCOS(C)(=O)=O)OC. The maximum absolute atomic E-state index is 12.2. The fraction of sp³-hybridized carbons (Fsp3) is 1.00. The second-order valence-electron chi connectivity index (χ2n) is 9.73. The van der Waals surface area contributed by atoms with Gasteiger partial charge in [0.1, 0.15) is 0 Å².